The standard InChI is InChI=1S/C11H15O2/c1-3-13-11-6-4-5-10(7-8-12)9(11)2/h4-6,12H,2-3,7-8H2,1H3. The molecule has 0 aliphatic heterocycles. The zero-order valence-electron chi connectivity index (χ0n) is 7.92. The number of benzene rings is 1. The average Bonchev–Trinajstić information content (AvgIpc) is 2.13. The zero-order chi connectivity index (χ0) is 9.68. The molecule has 13 heavy (non-hydrogen) atoms. The molecule has 2 nitrogen and oxygen atoms in total. The number of ether oxygens (including phenoxy) is 1. The fraction of sp³-hybridized carbons (Fsp3) is 0.364. The first kappa shape index (κ1) is 10.1. The van der Waals surface area contributed by atoms with Crippen LogP contribution in [0.2, 0.25) is 0 Å². The monoisotopic (exact) mass is 179 g/mol. The Hall–Kier alpha value is -1.02. The third kappa shape index (κ3) is 2.46. The van der Waals surface area contributed by atoms with E-state index in [2.05, 4.69) is 6.92 Å². The van der Waals surface area contributed by atoms with E-state index < -0.39 is 0 Å². The normalized spacial score (nSPS) is 10.1. The Morgan fingerprint density at radius 3 is 2.85 bits per heavy atom. The molecule has 0 unspecified atom stereocenters. The summed E-state index contributed by atoms with van der Waals surface area (Å²) in [4.78, 5) is 0. The van der Waals surface area contributed by atoms with Gasteiger partial charge in [-0.2, -0.15) is 0 Å². The van der Waals surface area contributed by atoms with Crippen LogP contribution in [0.5, 0.6) is 5.75 Å². The van der Waals surface area contributed by atoms with E-state index >= 15 is 0 Å². The quantitative estimate of drug-likeness (QED) is 0.763. The molecule has 0 atom stereocenters. The Morgan fingerprint density at radius 1 is 1.46 bits per heavy atom. The van der Waals surface area contributed by atoms with Crippen molar-refractivity contribution in [3.05, 3.63) is 36.2 Å². The minimum atomic E-state index is 0.151. The molecular formula is C11H15O2. The van der Waals surface area contributed by atoms with Crippen molar-refractivity contribution in [1.29, 1.82) is 0 Å². The summed E-state index contributed by atoms with van der Waals surface area (Å²) in [7, 11) is 0. The summed E-state index contributed by atoms with van der Waals surface area (Å²) in [6.45, 7) is 6.66. The summed E-state index contributed by atoms with van der Waals surface area (Å²) in [5.74, 6) is 0.813. The van der Waals surface area contributed by atoms with Gasteiger partial charge >= 0.3 is 0 Å². The molecule has 1 aromatic carbocycles. The van der Waals surface area contributed by atoms with Gasteiger partial charge in [-0.05, 0) is 37.5 Å². The molecule has 0 aliphatic carbocycles. The highest BCUT2D eigenvalue weighted by Crippen LogP contribution is 2.21. The van der Waals surface area contributed by atoms with Crippen LogP contribution in [0.3, 0.4) is 0 Å². The molecule has 1 radical (unpaired) electrons. The van der Waals surface area contributed by atoms with Gasteiger partial charge in [-0.1, -0.05) is 12.1 Å². The smallest absolute Gasteiger partial charge is 0.122 e. The van der Waals surface area contributed by atoms with Gasteiger partial charge in [0.1, 0.15) is 5.75 Å². The number of rotatable bonds is 4. The van der Waals surface area contributed by atoms with Crippen LogP contribution in [0.15, 0.2) is 18.2 Å². The predicted octanol–water partition coefficient (Wildman–Crippen LogP) is 1.80. The number of aliphatic hydroxyl groups is 1. The SMILES string of the molecule is [CH2]c1c(CCO)cccc1OCC. The third-order valence-corrected chi connectivity index (χ3v) is 1.91. The molecule has 0 heterocycles. The van der Waals surface area contributed by atoms with Crippen LogP contribution in [0, 0.1) is 6.92 Å². The van der Waals surface area contributed by atoms with Crippen molar-refractivity contribution in [2.45, 2.75) is 13.3 Å². The maximum absolute atomic E-state index is 8.80. The van der Waals surface area contributed by atoms with Gasteiger partial charge in [0.25, 0.3) is 0 Å². The summed E-state index contributed by atoms with van der Waals surface area (Å²) in [6.07, 6.45) is 0.639. The summed E-state index contributed by atoms with van der Waals surface area (Å²) < 4.78 is 5.38. The largest absolute Gasteiger partial charge is 0.494 e. The van der Waals surface area contributed by atoms with E-state index in [9.17, 15) is 0 Å². The van der Waals surface area contributed by atoms with Crippen LogP contribution in [-0.4, -0.2) is 18.3 Å². The van der Waals surface area contributed by atoms with Gasteiger partial charge in [0.15, 0.2) is 0 Å². The minimum absolute atomic E-state index is 0.151. The van der Waals surface area contributed by atoms with Gasteiger partial charge in [0.05, 0.1) is 6.61 Å². The Kier molecular flexibility index (Phi) is 3.77. The van der Waals surface area contributed by atoms with E-state index in [4.69, 9.17) is 9.84 Å². The first-order valence-corrected chi connectivity index (χ1v) is 4.47. The summed E-state index contributed by atoms with van der Waals surface area (Å²) in [5, 5.41) is 8.80. The molecule has 0 amide bonds. The Balaban J connectivity index is 2.89. The Labute approximate surface area is 79.2 Å². The summed E-state index contributed by atoms with van der Waals surface area (Å²) in [5.41, 5.74) is 1.94. The van der Waals surface area contributed by atoms with Gasteiger partial charge in [0.2, 0.25) is 0 Å². The van der Waals surface area contributed by atoms with Gasteiger partial charge in [-0.3, -0.25) is 0 Å². The summed E-state index contributed by atoms with van der Waals surface area (Å²) >= 11 is 0. The number of hydrogen-bond acceptors (Lipinski definition) is 2. The fourth-order valence-electron chi connectivity index (χ4n) is 1.26. The predicted molar refractivity (Wildman–Crippen MR) is 52.9 cm³/mol. The van der Waals surface area contributed by atoms with E-state index in [1.807, 2.05) is 25.1 Å². The molecule has 0 fully saturated rings. The highest BCUT2D eigenvalue weighted by Gasteiger charge is 2.03. The molecule has 1 aromatic rings. The first-order chi connectivity index (χ1) is 6.29. The Morgan fingerprint density at radius 2 is 2.23 bits per heavy atom. The number of hydrogen-bond donors (Lipinski definition) is 1. The second-order valence-electron chi connectivity index (χ2n) is 2.80. The second kappa shape index (κ2) is 4.87. The van der Waals surface area contributed by atoms with Crippen molar-refractivity contribution in [2.75, 3.05) is 13.2 Å². The molecular weight excluding hydrogens is 164 g/mol. The van der Waals surface area contributed by atoms with Crippen LogP contribution in [0.1, 0.15) is 18.1 Å². The lowest BCUT2D eigenvalue weighted by atomic mass is 10.1. The van der Waals surface area contributed by atoms with Crippen molar-refractivity contribution >= 4 is 0 Å². The molecule has 0 spiro atoms. The van der Waals surface area contributed by atoms with Gasteiger partial charge in [0, 0.05) is 6.61 Å². The fourth-order valence-corrected chi connectivity index (χ4v) is 1.26. The molecule has 0 aromatic heterocycles. The van der Waals surface area contributed by atoms with Gasteiger partial charge in [-0.15, -0.1) is 0 Å². The summed E-state index contributed by atoms with van der Waals surface area (Å²) in [6, 6.07) is 5.78. The molecule has 0 aliphatic rings. The molecule has 0 saturated carbocycles. The molecule has 1 N–H and O–H groups in total. The lowest BCUT2D eigenvalue weighted by molar-refractivity contribution is 0.298. The first-order valence-electron chi connectivity index (χ1n) is 4.47. The van der Waals surface area contributed by atoms with E-state index in [1.54, 1.807) is 0 Å². The maximum atomic E-state index is 8.80. The third-order valence-electron chi connectivity index (χ3n) is 1.91. The van der Waals surface area contributed by atoms with Crippen molar-refractivity contribution < 1.29 is 9.84 Å². The Bertz CT molecular complexity index is 245. The van der Waals surface area contributed by atoms with E-state index in [-0.39, 0.29) is 6.61 Å². The molecule has 0 saturated heterocycles. The van der Waals surface area contributed by atoms with Crippen LogP contribution in [0.25, 0.3) is 0 Å². The van der Waals surface area contributed by atoms with Crippen LogP contribution in [-0.2, 0) is 6.42 Å². The highest BCUT2D eigenvalue weighted by molar-refractivity contribution is 5.42. The van der Waals surface area contributed by atoms with Crippen LogP contribution >= 0.6 is 0 Å². The molecule has 71 valence electrons. The van der Waals surface area contributed by atoms with Crippen molar-refractivity contribution in [3.8, 4) is 5.75 Å². The molecule has 2 heteroatoms. The van der Waals surface area contributed by atoms with E-state index in [0.29, 0.717) is 13.0 Å². The lowest BCUT2D eigenvalue weighted by Gasteiger charge is -2.10. The van der Waals surface area contributed by atoms with Crippen LogP contribution < -0.4 is 4.74 Å². The van der Waals surface area contributed by atoms with Gasteiger partial charge < -0.3 is 9.84 Å². The van der Waals surface area contributed by atoms with E-state index in [1.165, 1.54) is 0 Å². The van der Waals surface area contributed by atoms with Crippen molar-refractivity contribution in [3.63, 3.8) is 0 Å². The second-order valence-corrected chi connectivity index (χ2v) is 2.80. The zero-order valence-corrected chi connectivity index (χ0v) is 7.92. The molecule has 1 rings (SSSR count). The average molecular weight is 179 g/mol. The van der Waals surface area contributed by atoms with Gasteiger partial charge in [-0.25, -0.2) is 0 Å². The minimum Gasteiger partial charge on any atom is -0.494 e. The van der Waals surface area contributed by atoms with E-state index in [0.717, 1.165) is 16.9 Å². The number of aliphatic hydroxyl groups excluding tert-OH is 1. The van der Waals surface area contributed by atoms with Crippen LogP contribution in [0.4, 0.5) is 0 Å². The maximum Gasteiger partial charge on any atom is 0.122 e. The highest BCUT2D eigenvalue weighted by atomic mass is 16.5. The van der Waals surface area contributed by atoms with Crippen molar-refractivity contribution in [2.24, 2.45) is 0 Å². The lowest BCUT2D eigenvalue weighted by Crippen LogP contribution is -1.99. The van der Waals surface area contributed by atoms with Crippen molar-refractivity contribution in [1.82, 2.24) is 0 Å². The topological polar surface area (TPSA) is 29.5 Å². The molecule has 0 bridgehead atoms.